The highest BCUT2D eigenvalue weighted by molar-refractivity contribution is 7.10. The predicted octanol–water partition coefficient (Wildman–Crippen LogP) is 4.53. The van der Waals surface area contributed by atoms with Gasteiger partial charge in [0.15, 0.2) is 23.0 Å². The molecule has 0 atom stereocenters. The molecule has 29 heavy (non-hydrogen) atoms. The molecule has 1 heterocycles. The lowest BCUT2D eigenvalue weighted by molar-refractivity contribution is 0.324. The topological polar surface area (TPSA) is 68.3 Å². The van der Waals surface area contributed by atoms with Crippen LogP contribution in [0.25, 0.3) is 21.6 Å². The number of rotatable bonds is 8. The Balaban J connectivity index is 2.24. The van der Waals surface area contributed by atoms with E-state index in [4.69, 9.17) is 28.4 Å². The van der Waals surface area contributed by atoms with Crippen LogP contribution in [0.3, 0.4) is 0 Å². The SMILES string of the molecule is COc1cc(OC)c(OC)c(-c2sncc2-c2cc(OC)c(OC)c(OC)c2)c1. The summed E-state index contributed by atoms with van der Waals surface area (Å²) in [5.41, 5.74) is 2.57. The van der Waals surface area contributed by atoms with E-state index in [1.165, 1.54) is 11.5 Å². The Morgan fingerprint density at radius 1 is 0.621 bits per heavy atom. The average molecular weight is 417 g/mol. The Labute approximate surface area is 173 Å². The minimum Gasteiger partial charge on any atom is -0.497 e. The molecule has 0 radical (unpaired) electrons. The fourth-order valence-electron chi connectivity index (χ4n) is 3.10. The molecule has 0 saturated carbocycles. The van der Waals surface area contributed by atoms with Gasteiger partial charge in [0.25, 0.3) is 0 Å². The maximum Gasteiger partial charge on any atom is 0.203 e. The zero-order chi connectivity index (χ0) is 21.0. The molecule has 0 N–H and O–H groups in total. The van der Waals surface area contributed by atoms with Crippen LogP contribution in [0.15, 0.2) is 30.5 Å². The molecule has 154 valence electrons. The van der Waals surface area contributed by atoms with E-state index in [0.29, 0.717) is 34.5 Å². The van der Waals surface area contributed by atoms with Crippen molar-refractivity contribution in [3.63, 3.8) is 0 Å². The Kier molecular flexibility index (Phi) is 6.33. The summed E-state index contributed by atoms with van der Waals surface area (Å²) < 4.78 is 37.4. The molecule has 3 rings (SSSR count). The maximum atomic E-state index is 5.64. The van der Waals surface area contributed by atoms with Gasteiger partial charge in [0.1, 0.15) is 5.75 Å². The van der Waals surface area contributed by atoms with Crippen molar-refractivity contribution in [1.82, 2.24) is 4.37 Å². The third-order valence-corrected chi connectivity index (χ3v) is 5.31. The first-order valence-corrected chi connectivity index (χ1v) is 9.44. The second-order valence-corrected chi connectivity index (χ2v) is 6.69. The molecule has 0 unspecified atom stereocenters. The molecule has 0 aliphatic rings. The van der Waals surface area contributed by atoms with E-state index < -0.39 is 0 Å². The Bertz CT molecular complexity index is 976. The molecule has 0 aliphatic carbocycles. The molecule has 0 saturated heterocycles. The lowest BCUT2D eigenvalue weighted by atomic mass is 10.0. The first-order valence-electron chi connectivity index (χ1n) is 8.67. The van der Waals surface area contributed by atoms with E-state index in [1.54, 1.807) is 54.9 Å². The Morgan fingerprint density at radius 3 is 1.72 bits per heavy atom. The fraction of sp³-hybridized carbons (Fsp3) is 0.286. The summed E-state index contributed by atoms with van der Waals surface area (Å²) in [6.45, 7) is 0. The van der Waals surface area contributed by atoms with Gasteiger partial charge in [-0.15, -0.1) is 0 Å². The van der Waals surface area contributed by atoms with Crippen molar-refractivity contribution in [3.05, 3.63) is 30.5 Å². The molecule has 7 nitrogen and oxygen atoms in total. The monoisotopic (exact) mass is 417 g/mol. The van der Waals surface area contributed by atoms with Crippen LogP contribution in [0, 0.1) is 0 Å². The Hall–Kier alpha value is -3.13. The van der Waals surface area contributed by atoms with Crippen LogP contribution in [0.4, 0.5) is 0 Å². The van der Waals surface area contributed by atoms with Crippen LogP contribution in [-0.4, -0.2) is 47.0 Å². The van der Waals surface area contributed by atoms with Crippen molar-refractivity contribution in [3.8, 4) is 56.1 Å². The van der Waals surface area contributed by atoms with Crippen molar-refractivity contribution >= 4 is 11.5 Å². The van der Waals surface area contributed by atoms with Gasteiger partial charge >= 0.3 is 0 Å². The van der Waals surface area contributed by atoms with Gasteiger partial charge in [-0.25, -0.2) is 0 Å². The van der Waals surface area contributed by atoms with E-state index in [1.807, 2.05) is 18.2 Å². The van der Waals surface area contributed by atoms with E-state index >= 15 is 0 Å². The molecule has 1 aromatic heterocycles. The zero-order valence-electron chi connectivity index (χ0n) is 17.2. The summed E-state index contributed by atoms with van der Waals surface area (Å²) >= 11 is 1.35. The molecule has 0 spiro atoms. The van der Waals surface area contributed by atoms with Gasteiger partial charge < -0.3 is 28.4 Å². The van der Waals surface area contributed by atoms with Gasteiger partial charge in [-0.05, 0) is 35.3 Å². The van der Waals surface area contributed by atoms with Crippen molar-refractivity contribution < 1.29 is 28.4 Å². The van der Waals surface area contributed by atoms with Gasteiger partial charge in [0.05, 0.1) is 47.5 Å². The number of hydrogen-bond acceptors (Lipinski definition) is 8. The summed E-state index contributed by atoms with van der Waals surface area (Å²) in [6.07, 6.45) is 1.80. The lowest BCUT2D eigenvalue weighted by Crippen LogP contribution is -1.97. The summed E-state index contributed by atoms with van der Waals surface area (Å²) in [5.74, 6) is 3.49. The van der Waals surface area contributed by atoms with E-state index in [0.717, 1.165) is 21.6 Å². The first kappa shape index (κ1) is 20.6. The number of ether oxygens (including phenoxy) is 6. The third kappa shape index (κ3) is 3.75. The van der Waals surface area contributed by atoms with Crippen LogP contribution >= 0.6 is 11.5 Å². The summed E-state index contributed by atoms with van der Waals surface area (Å²) in [6, 6.07) is 7.45. The normalized spacial score (nSPS) is 10.4. The fourth-order valence-corrected chi connectivity index (χ4v) is 3.88. The molecule has 0 fully saturated rings. The first-order chi connectivity index (χ1) is 14.1. The molecular weight excluding hydrogens is 394 g/mol. The van der Waals surface area contributed by atoms with Crippen molar-refractivity contribution in [2.75, 3.05) is 42.7 Å². The number of hydrogen-bond donors (Lipinski definition) is 0. The molecule has 2 aromatic carbocycles. The highest BCUT2D eigenvalue weighted by Crippen LogP contribution is 2.48. The molecule has 0 amide bonds. The molecule has 0 bridgehead atoms. The van der Waals surface area contributed by atoms with Crippen LogP contribution in [-0.2, 0) is 0 Å². The number of benzene rings is 2. The van der Waals surface area contributed by atoms with E-state index in [9.17, 15) is 0 Å². The largest absolute Gasteiger partial charge is 0.497 e. The Morgan fingerprint density at radius 2 is 1.21 bits per heavy atom. The zero-order valence-corrected chi connectivity index (χ0v) is 18.0. The number of nitrogens with zero attached hydrogens (tertiary/aromatic N) is 1. The van der Waals surface area contributed by atoms with Crippen molar-refractivity contribution in [2.45, 2.75) is 0 Å². The summed E-state index contributed by atoms with van der Waals surface area (Å²) in [5, 5.41) is 0. The van der Waals surface area contributed by atoms with Gasteiger partial charge in [0, 0.05) is 23.4 Å². The number of methoxy groups -OCH3 is 6. The molecule has 3 aromatic rings. The van der Waals surface area contributed by atoms with Crippen LogP contribution < -0.4 is 28.4 Å². The van der Waals surface area contributed by atoms with Gasteiger partial charge in [-0.2, -0.15) is 4.37 Å². The highest BCUT2D eigenvalue weighted by Gasteiger charge is 2.22. The van der Waals surface area contributed by atoms with Crippen LogP contribution in [0.5, 0.6) is 34.5 Å². The van der Waals surface area contributed by atoms with Gasteiger partial charge in [-0.1, -0.05) is 0 Å². The summed E-state index contributed by atoms with van der Waals surface area (Å²) in [4.78, 5) is 0.897. The smallest absolute Gasteiger partial charge is 0.203 e. The van der Waals surface area contributed by atoms with Crippen LogP contribution in [0.1, 0.15) is 0 Å². The number of aromatic nitrogens is 1. The molecular formula is C21H23NO6S. The van der Waals surface area contributed by atoms with Gasteiger partial charge in [-0.3, -0.25) is 0 Å². The standard InChI is InChI=1S/C21H23NO6S/c1-23-13-9-14(19(27-5)18(10-13)26-4)21-15(11-22-29-21)12-7-16(24-2)20(28-6)17(8-12)25-3/h7-11H,1-6H3. The minimum absolute atomic E-state index is 0.532. The van der Waals surface area contributed by atoms with Crippen molar-refractivity contribution in [2.24, 2.45) is 0 Å². The molecule has 0 aliphatic heterocycles. The third-order valence-electron chi connectivity index (χ3n) is 4.48. The second kappa shape index (κ2) is 8.91. The summed E-state index contributed by atoms with van der Waals surface area (Å²) in [7, 11) is 9.55. The van der Waals surface area contributed by atoms with E-state index in [2.05, 4.69) is 4.37 Å². The minimum atomic E-state index is 0.532. The second-order valence-electron chi connectivity index (χ2n) is 5.89. The highest BCUT2D eigenvalue weighted by atomic mass is 32.1. The van der Waals surface area contributed by atoms with E-state index in [-0.39, 0.29) is 0 Å². The molecule has 8 heteroatoms. The predicted molar refractivity (Wildman–Crippen MR) is 112 cm³/mol. The lowest BCUT2D eigenvalue weighted by Gasteiger charge is -2.16. The average Bonchev–Trinajstić information content (AvgIpc) is 3.26. The van der Waals surface area contributed by atoms with Crippen LogP contribution in [0.2, 0.25) is 0 Å². The van der Waals surface area contributed by atoms with Crippen molar-refractivity contribution in [1.29, 1.82) is 0 Å². The maximum absolute atomic E-state index is 5.64. The van der Waals surface area contributed by atoms with Gasteiger partial charge in [0.2, 0.25) is 5.75 Å². The quantitative estimate of drug-likeness (QED) is 0.533.